The maximum absolute atomic E-state index is 14.3. The largest absolute Gasteiger partial charge is 0.508 e. The highest BCUT2D eigenvalue weighted by Gasteiger charge is 2.22. The highest BCUT2D eigenvalue weighted by atomic mass is 19.2. The number of halogens is 4. The van der Waals surface area contributed by atoms with E-state index < -0.39 is 34.4 Å². The van der Waals surface area contributed by atoms with Crippen molar-refractivity contribution in [3.8, 4) is 11.5 Å². The molecule has 0 saturated heterocycles. The van der Waals surface area contributed by atoms with Crippen LogP contribution in [0.3, 0.4) is 0 Å². The monoisotopic (exact) mass is 386 g/mol. The predicted molar refractivity (Wildman–Crippen MR) is 100 cm³/mol. The molecule has 6 heteroatoms. The number of hydrogen-bond donors (Lipinski definition) is 2. The van der Waals surface area contributed by atoms with Crippen molar-refractivity contribution in [1.82, 2.24) is 0 Å². The van der Waals surface area contributed by atoms with Gasteiger partial charge in [-0.25, -0.2) is 17.6 Å². The number of phenolic OH excluding ortho intramolecular Hbond substituents is 2. The number of rotatable bonds is 4. The van der Waals surface area contributed by atoms with Crippen LogP contribution in [0, 0.1) is 23.3 Å². The Morgan fingerprint density at radius 1 is 0.464 bits per heavy atom. The fourth-order valence-corrected chi connectivity index (χ4v) is 2.49. The second kappa shape index (κ2) is 8.00. The Bertz CT molecular complexity index is 938. The molecule has 0 saturated carbocycles. The zero-order valence-corrected chi connectivity index (χ0v) is 14.3. The molecule has 2 nitrogen and oxygen atoms in total. The van der Waals surface area contributed by atoms with Crippen molar-refractivity contribution in [2.45, 2.75) is 0 Å². The third kappa shape index (κ3) is 4.06. The number of phenols is 2. The van der Waals surface area contributed by atoms with Crippen LogP contribution in [-0.2, 0) is 0 Å². The maximum Gasteiger partial charge on any atom is 0.169 e. The van der Waals surface area contributed by atoms with Gasteiger partial charge in [-0.2, -0.15) is 0 Å². The van der Waals surface area contributed by atoms with Gasteiger partial charge in [0, 0.05) is 0 Å². The molecule has 0 aromatic heterocycles. The van der Waals surface area contributed by atoms with E-state index in [1.54, 1.807) is 0 Å². The highest BCUT2D eigenvalue weighted by molar-refractivity contribution is 5.74. The second-order valence-electron chi connectivity index (χ2n) is 5.93. The zero-order chi connectivity index (χ0) is 20.3. The van der Waals surface area contributed by atoms with Gasteiger partial charge in [-0.15, -0.1) is 0 Å². The molecule has 0 spiro atoms. The van der Waals surface area contributed by atoms with Gasteiger partial charge >= 0.3 is 0 Å². The molecule has 3 aromatic rings. The van der Waals surface area contributed by atoms with Gasteiger partial charge in [-0.05, 0) is 47.5 Å². The standard InChI is InChI=1S/C22H14F4O2/c23-19-17(11-5-13-1-7-15(27)8-2-13)20(24)22(26)18(21(19)25)12-6-14-3-9-16(28)10-4-14/h1-12,27-28H/b11-5+,12-6+. The van der Waals surface area contributed by atoms with Crippen LogP contribution in [0.5, 0.6) is 11.5 Å². The van der Waals surface area contributed by atoms with E-state index in [1.807, 2.05) is 0 Å². The van der Waals surface area contributed by atoms with E-state index in [-0.39, 0.29) is 11.5 Å². The maximum atomic E-state index is 14.3. The molecule has 0 bridgehead atoms. The first kappa shape index (κ1) is 19.2. The lowest BCUT2D eigenvalue weighted by molar-refractivity contribution is 0.448. The molecular formula is C22H14F4O2. The summed E-state index contributed by atoms with van der Waals surface area (Å²) in [6.45, 7) is 0. The average molecular weight is 386 g/mol. The quantitative estimate of drug-likeness (QED) is 0.328. The summed E-state index contributed by atoms with van der Waals surface area (Å²) in [6.07, 6.45) is 4.39. The van der Waals surface area contributed by atoms with Crippen LogP contribution in [0.15, 0.2) is 48.5 Å². The average Bonchev–Trinajstić information content (AvgIpc) is 2.69. The van der Waals surface area contributed by atoms with Crippen molar-refractivity contribution < 1.29 is 27.8 Å². The van der Waals surface area contributed by atoms with Crippen LogP contribution < -0.4 is 0 Å². The van der Waals surface area contributed by atoms with Crippen molar-refractivity contribution in [3.63, 3.8) is 0 Å². The summed E-state index contributed by atoms with van der Waals surface area (Å²) in [4.78, 5) is 0. The number of aromatic hydroxyl groups is 2. The summed E-state index contributed by atoms with van der Waals surface area (Å²) in [6, 6.07) is 11.4. The van der Waals surface area contributed by atoms with Crippen LogP contribution >= 0.6 is 0 Å². The molecule has 2 N–H and O–H groups in total. The van der Waals surface area contributed by atoms with Crippen molar-refractivity contribution >= 4 is 24.3 Å². The summed E-state index contributed by atoms with van der Waals surface area (Å²) < 4.78 is 57.2. The summed E-state index contributed by atoms with van der Waals surface area (Å²) in [5, 5.41) is 18.4. The minimum atomic E-state index is -1.51. The third-order valence-electron chi connectivity index (χ3n) is 4.00. The van der Waals surface area contributed by atoms with Crippen LogP contribution in [0.4, 0.5) is 17.6 Å². The summed E-state index contributed by atoms with van der Waals surface area (Å²) >= 11 is 0. The van der Waals surface area contributed by atoms with Crippen molar-refractivity contribution in [1.29, 1.82) is 0 Å². The molecule has 3 aromatic carbocycles. The molecule has 0 fully saturated rings. The lowest BCUT2D eigenvalue weighted by Crippen LogP contribution is -2.03. The normalized spacial score (nSPS) is 11.6. The van der Waals surface area contributed by atoms with Gasteiger partial charge in [0.15, 0.2) is 23.3 Å². The van der Waals surface area contributed by atoms with Crippen molar-refractivity contribution in [3.05, 3.63) is 94.1 Å². The SMILES string of the molecule is Oc1ccc(/C=C/c2c(F)c(F)c(/C=C/c3ccc(O)cc3)c(F)c2F)cc1. The van der Waals surface area contributed by atoms with Gasteiger partial charge in [0.05, 0.1) is 11.1 Å². The molecule has 142 valence electrons. The van der Waals surface area contributed by atoms with E-state index >= 15 is 0 Å². The Morgan fingerprint density at radius 3 is 1.04 bits per heavy atom. The summed E-state index contributed by atoms with van der Waals surface area (Å²) in [5.41, 5.74) is -0.725. The van der Waals surface area contributed by atoms with Crippen LogP contribution in [0.2, 0.25) is 0 Å². The minimum absolute atomic E-state index is 0.0105. The lowest BCUT2D eigenvalue weighted by Gasteiger charge is -2.07. The van der Waals surface area contributed by atoms with E-state index in [2.05, 4.69) is 0 Å². The van der Waals surface area contributed by atoms with Gasteiger partial charge in [0.2, 0.25) is 0 Å². The second-order valence-corrected chi connectivity index (χ2v) is 5.93. The minimum Gasteiger partial charge on any atom is -0.508 e. The van der Waals surface area contributed by atoms with Crippen molar-refractivity contribution in [2.75, 3.05) is 0 Å². The van der Waals surface area contributed by atoms with Crippen LogP contribution in [-0.4, -0.2) is 10.2 Å². The number of benzene rings is 3. The Hall–Kier alpha value is -3.54. The Labute approximate surface area is 158 Å². The summed E-state index contributed by atoms with van der Waals surface area (Å²) in [5.74, 6) is -6.04. The third-order valence-corrected chi connectivity index (χ3v) is 4.00. The molecule has 0 amide bonds. The lowest BCUT2D eigenvalue weighted by atomic mass is 10.0. The predicted octanol–water partition coefficient (Wildman–Crippen LogP) is 6.00. The van der Waals surface area contributed by atoms with E-state index in [0.717, 1.165) is 12.2 Å². The first-order valence-electron chi connectivity index (χ1n) is 8.17. The Balaban J connectivity index is 1.96. The molecule has 28 heavy (non-hydrogen) atoms. The first-order valence-corrected chi connectivity index (χ1v) is 8.17. The Morgan fingerprint density at radius 2 is 0.750 bits per heavy atom. The molecule has 0 atom stereocenters. The fourth-order valence-electron chi connectivity index (χ4n) is 2.49. The molecule has 0 aliphatic heterocycles. The molecule has 0 aliphatic rings. The molecule has 0 aliphatic carbocycles. The molecular weight excluding hydrogens is 372 g/mol. The van der Waals surface area contributed by atoms with Crippen LogP contribution in [0.1, 0.15) is 22.3 Å². The van der Waals surface area contributed by atoms with Gasteiger partial charge < -0.3 is 10.2 Å². The summed E-state index contributed by atoms with van der Waals surface area (Å²) in [7, 11) is 0. The van der Waals surface area contributed by atoms with Gasteiger partial charge in [0.25, 0.3) is 0 Å². The zero-order valence-electron chi connectivity index (χ0n) is 14.3. The van der Waals surface area contributed by atoms with Gasteiger partial charge in [0.1, 0.15) is 11.5 Å². The Kier molecular flexibility index (Phi) is 5.49. The highest BCUT2D eigenvalue weighted by Crippen LogP contribution is 2.27. The van der Waals surface area contributed by atoms with Crippen LogP contribution in [0.25, 0.3) is 24.3 Å². The smallest absolute Gasteiger partial charge is 0.169 e. The van der Waals surface area contributed by atoms with E-state index in [1.165, 1.54) is 60.7 Å². The fraction of sp³-hybridized carbons (Fsp3) is 0. The van der Waals surface area contributed by atoms with Gasteiger partial charge in [-0.3, -0.25) is 0 Å². The topological polar surface area (TPSA) is 40.5 Å². The van der Waals surface area contributed by atoms with E-state index in [0.29, 0.717) is 11.1 Å². The van der Waals surface area contributed by atoms with Crippen molar-refractivity contribution in [2.24, 2.45) is 0 Å². The van der Waals surface area contributed by atoms with E-state index in [4.69, 9.17) is 0 Å². The molecule has 0 heterocycles. The number of hydrogen-bond acceptors (Lipinski definition) is 2. The van der Waals surface area contributed by atoms with E-state index in [9.17, 15) is 27.8 Å². The first-order chi connectivity index (χ1) is 13.4. The van der Waals surface area contributed by atoms with Gasteiger partial charge in [-0.1, -0.05) is 36.4 Å². The molecule has 3 rings (SSSR count). The molecule has 0 unspecified atom stereocenters. The molecule has 0 radical (unpaired) electrons.